The highest BCUT2D eigenvalue weighted by Crippen LogP contribution is 2.31. The first kappa shape index (κ1) is 29.2. The Morgan fingerprint density at radius 2 is 1.44 bits per heavy atom. The van der Waals surface area contributed by atoms with Crippen LogP contribution in [0.3, 0.4) is 0 Å². The molecule has 0 aliphatic rings. The summed E-state index contributed by atoms with van der Waals surface area (Å²) < 4.78 is 21.7. The van der Waals surface area contributed by atoms with E-state index in [9.17, 15) is 14.4 Å². The Hall–Kier alpha value is -4.40. The van der Waals surface area contributed by atoms with Gasteiger partial charge in [-0.3, -0.25) is 9.59 Å². The fourth-order valence-electron chi connectivity index (χ4n) is 3.94. The van der Waals surface area contributed by atoms with Crippen molar-refractivity contribution in [2.75, 3.05) is 13.9 Å². The van der Waals surface area contributed by atoms with Crippen LogP contribution >= 0.6 is 0 Å². The van der Waals surface area contributed by atoms with Gasteiger partial charge in [0.2, 0.25) is 6.79 Å². The highest BCUT2D eigenvalue weighted by atomic mass is 16.7. The molecule has 0 saturated carbocycles. The molecule has 0 aliphatic heterocycles. The standard InChI is InChI=1S/C30H34N2O7/c1-19(2)29(34)38-18-37-27-24(36-5)16-17-31-26(27)28(33)32-20(3)30(35)39-21(4)25(22-12-8-6-9-13-22)23-14-10-7-11-15-23/h6-17,19-21,25H,18H2,1-5H3,(H,32,33)/t20-,21-/m0/s1. The number of benzene rings is 2. The Morgan fingerprint density at radius 1 is 0.846 bits per heavy atom. The smallest absolute Gasteiger partial charge is 0.328 e. The van der Waals surface area contributed by atoms with Gasteiger partial charge in [-0.05, 0) is 25.0 Å². The molecule has 206 valence electrons. The molecule has 2 atom stereocenters. The molecule has 0 unspecified atom stereocenters. The van der Waals surface area contributed by atoms with Crippen LogP contribution in [0.15, 0.2) is 72.9 Å². The molecular formula is C30H34N2O7. The Morgan fingerprint density at radius 3 is 1.97 bits per heavy atom. The lowest BCUT2D eigenvalue weighted by Gasteiger charge is -2.26. The molecule has 3 aromatic rings. The number of methoxy groups -OCH3 is 1. The molecule has 0 aliphatic carbocycles. The maximum atomic E-state index is 13.1. The van der Waals surface area contributed by atoms with Gasteiger partial charge in [0.05, 0.1) is 13.0 Å². The van der Waals surface area contributed by atoms with Gasteiger partial charge in [-0.2, -0.15) is 0 Å². The molecule has 2 aromatic carbocycles. The number of pyridine rings is 1. The van der Waals surface area contributed by atoms with Crippen molar-refractivity contribution in [2.24, 2.45) is 5.92 Å². The largest absolute Gasteiger partial charge is 0.493 e. The number of hydrogen-bond donors (Lipinski definition) is 1. The lowest BCUT2D eigenvalue weighted by Crippen LogP contribution is -2.41. The summed E-state index contributed by atoms with van der Waals surface area (Å²) in [5, 5.41) is 2.61. The number of amides is 1. The molecule has 39 heavy (non-hydrogen) atoms. The molecule has 0 saturated heterocycles. The Balaban J connectivity index is 1.71. The Kier molecular flexibility index (Phi) is 10.4. The van der Waals surface area contributed by atoms with Crippen molar-refractivity contribution in [2.45, 2.75) is 45.8 Å². The Bertz CT molecular complexity index is 1210. The van der Waals surface area contributed by atoms with Gasteiger partial charge in [0.15, 0.2) is 17.2 Å². The van der Waals surface area contributed by atoms with Crippen molar-refractivity contribution in [3.8, 4) is 11.5 Å². The van der Waals surface area contributed by atoms with Crippen LogP contribution in [0.5, 0.6) is 11.5 Å². The second kappa shape index (κ2) is 13.9. The molecule has 0 spiro atoms. The van der Waals surface area contributed by atoms with Crippen molar-refractivity contribution < 1.29 is 33.3 Å². The summed E-state index contributed by atoms with van der Waals surface area (Å²) in [6, 6.07) is 20.1. The lowest BCUT2D eigenvalue weighted by molar-refractivity contribution is -0.154. The molecule has 1 N–H and O–H groups in total. The second-order valence-corrected chi connectivity index (χ2v) is 9.21. The van der Waals surface area contributed by atoms with Crippen LogP contribution < -0.4 is 14.8 Å². The lowest BCUT2D eigenvalue weighted by atomic mass is 9.87. The third-order valence-corrected chi connectivity index (χ3v) is 5.97. The third kappa shape index (κ3) is 7.80. The molecule has 0 radical (unpaired) electrons. The number of esters is 2. The molecule has 1 amide bonds. The van der Waals surface area contributed by atoms with E-state index in [0.717, 1.165) is 11.1 Å². The number of carbonyl (C=O) groups excluding carboxylic acids is 3. The van der Waals surface area contributed by atoms with Gasteiger partial charge in [0.1, 0.15) is 12.1 Å². The molecular weight excluding hydrogens is 500 g/mol. The van der Waals surface area contributed by atoms with Gasteiger partial charge >= 0.3 is 11.9 Å². The van der Waals surface area contributed by atoms with Gasteiger partial charge in [0, 0.05) is 18.2 Å². The van der Waals surface area contributed by atoms with Crippen molar-refractivity contribution in [3.63, 3.8) is 0 Å². The molecule has 9 heteroatoms. The topological polar surface area (TPSA) is 113 Å². The van der Waals surface area contributed by atoms with Crippen LogP contribution in [0.25, 0.3) is 0 Å². The highest BCUT2D eigenvalue weighted by Gasteiger charge is 2.29. The van der Waals surface area contributed by atoms with E-state index in [1.165, 1.54) is 26.3 Å². The molecule has 9 nitrogen and oxygen atoms in total. The summed E-state index contributed by atoms with van der Waals surface area (Å²) in [7, 11) is 1.40. The first-order valence-corrected chi connectivity index (χ1v) is 12.7. The van der Waals surface area contributed by atoms with E-state index >= 15 is 0 Å². The molecule has 3 rings (SSSR count). The number of rotatable bonds is 12. The minimum absolute atomic E-state index is 0.0174. The average molecular weight is 535 g/mol. The number of ether oxygens (including phenoxy) is 4. The molecule has 1 aromatic heterocycles. The summed E-state index contributed by atoms with van der Waals surface area (Å²) >= 11 is 0. The van der Waals surface area contributed by atoms with Crippen molar-refractivity contribution >= 4 is 17.8 Å². The second-order valence-electron chi connectivity index (χ2n) is 9.21. The van der Waals surface area contributed by atoms with Gasteiger partial charge in [-0.25, -0.2) is 9.78 Å². The number of nitrogens with zero attached hydrogens (tertiary/aromatic N) is 1. The average Bonchev–Trinajstić information content (AvgIpc) is 2.94. The van der Waals surface area contributed by atoms with Gasteiger partial charge < -0.3 is 24.3 Å². The van der Waals surface area contributed by atoms with Crippen LogP contribution in [-0.2, 0) is 19.1 Å². The number of hydrogen-bond acceptors (Lipinski definition) is 8. The summed E-state index contributed by atoms with van der Waals surface area (Å²) in [4.78, 5) is 42.0. The number of carbonyl (C=O) groups is 3. The van der Waals surface area contributed by atoms with E-state index in [-0.39, 0.29) is 29.0 Å². The van der Waals surface area contributed by atoms with E-state index in [0.29, 0.717) is 0 Å². The van der Waals surface area contributed by atoms with E-state index < -0.39 is 36.8 Å². The van der Waals surface area contributed by atoms with Gasteiger partial charge in [-0.15, -0.1) is 0 Å². The minimum atomic E-state index is -0.994. The summed E-state index contributed by atoms with van der Waals surface area (Å²) in [5.41, 5.74) is 1.87. The molecule has 1 heterocycles. The highest BCUT2D eigenvalue weighted by molar-refractivity contribution is 5.98. The predicted molar refractivity (Wildman–Crippen MR) is 144 cm³/mol. The van der Waals surface area contributed by atoms with E-state index in [1.54, 1.807) is 13.8 Å². The normalized spacial score (nSPS) is 12.4. The van der Waals surface area contributed by atoms with Crippen LogP contribution in [0.4, 0.5) is 0 Å². The van der Waals surface area contributed by atoms with Crippen molar-refractivity contribution in [3.05, 3.63) is 89.7 Å². The van der Waals surface area contributed by atoms with Crippen LogP contribution in [0.1, 0.15) is 55.2 Å². The maximum absolute atomic E-state index is 13.1. The monoisotopic (exact) mass is 534 g/mol. The SMILES string of the molecule is COc1ccnc(C(=O)N[C@@H](C)C(=O)O[C@@H](C)C(c2ccccc2)c2ccccc2)c1OCOC(=O)C(C)C. The van der Waals surface area contributed by atoms with E-state index in [1.807, 2.05) is 67.6 Å². The minimum Gasteiger partial charge on any atom is -0.493 e. The zero-order valence-corrected chi connectivity index (χ0v) is 22.7. The molecule has 0 bridgehead atoms. The summed E-state index contributed by atoms with van der Waals surface area (Å²) in [5.74, 6) is -2.09. The number of nitrogens with one attached hydrogen (secondary N) is 1. The Labute approximate surface area is 228 Å². The predicted octanol–water partition coefficient (Wildman–Crippen LogP) is 4.51. The van der Waals surface area contributed by atoms with Crippen molar-refractivity contribution in [1.82, 2.24) is 10.3 Å². The van der Waals surface area contributed by atoms with Crippen LogP contribution in [0.2, 0.25) is 0 Å². The zero-order chi connectivity index (χ0) is 28.4. The maximum Gasteiger partial charge on any atom is 0.328 e. The fraction of sp³-hybridized carbons (Fsp3) is 0.333. The molecule has 0 fully saturated rings. The van der Waals surface area contributed by atoms with Gasteiger partial charge in [-0.1, -0.05) is 74.5 Å². The van der Waals surface area contributed by atoms with Crippen molar-refractivity contribution in [1.29, 1.82) is 0 Å². The first-order valence-electron chi connectivity index (χ1n) is 12.7. The fourth-order valence-corrected chi connectivity index (χ4v) is 3.94. The third-order valence-electron chi connectivity index (χ3n) is 5.97. The first-order chi connectivity index (χ1) is 18.7. The zero-order valence-electron chi connectivity index (χ0n) is 22.7. The van der Waals surface area contributed by atoms with Gasteiger partial charge in [0.25, 0.3) is 5.91 Å². The van der Waals surface area contributed by atoms with E-state index in [4.69, 9.17) is 18.9 Å². The van der Waals surface area contributed by atoms with Crippen LogP contribution in [0, 0.1) is 5.92 Å². The quantitative estimate of drug-likeness (QED) is 0.267. The number of aromatic nitrogens is 1. The summed E-state index contributed by atoms with van der Waals surface area (Å²) in [6.45, 7) is 6.29. The summed E-state index contributed by atoms with van der Waals surface area (Å²) in [6.07, 6.45) is 0.849. The van der Waals surface area contributed by atoms with Crippen LogP contribution in [-0.4, -0.2) is 48.9 Å². The van der Waals surface area contributed by atoms with E-state index in [2.05, 4.69) is 10.3 Å².